The van der Waals surface area contributed by atoms with Crippen molar-refractivity contribution in [3.05, 3.63) is 51.9 Å². The quantitative estimate of drug-likeness (QED) is 0.881. The van der Waals surface area contributed by atoms with Crippen LogP contribution in [0.3, 0.4) is 0 Å². The van der Waals surface area contributed by atoms with Crippen molar-refractivity contribution in [3.8, 4) is 0 Å². The number of amides is 1. The highest BCUT2D eigenvalue weighted by Gasteiger charge is 2.15. The van der Waals surface area contributed by atoms with Gasteiger partial charge in [-0.1, -0.05) is 23.8 Å². The maximum absolute atomic E-state index is 12.1. The first-order valence-corrected chi connectivity index (χ1v) is 7.41. The molecule has 4 nitrogen and oxygen atoms in total. The molecule has 0 aliphatic carbocycles. The van der Waals surface area contributed by atoms with Gasteiger partial charge in [0.15, 0.2) is 0 Å². The Morgan fingerprint density at radius 3 is 2.71 bits per heavy atom. The molecule has 1 N–H and O–H groups in total. The maximum atomic E-state index is 12.1. The number of hydrogen-bond donors (Lipinski definition) is 1. The van der Waals surface area contributed by atoms with E-state index in [1.807, 2.05) is 32.0 Å². The number of nitrogens with one attached hydrogen (secondary N) is 1. The summed E-state index contributed by atoms with van der Waals surface area (Å²) in [5, 5.41) is 5.05. The molecular formula is C16H17NO3S. The van der Waals surface area contributed by atoms with Gasteiger partial charge in [-0.15, -0.1) is 11.3 Å². The monoisotopic (exact) mass is 303 g/mol. The molecule has 0 fully saturated rings. The molecule has 110 valence electrons. The Kier molecular flexibility index (Phi) is 4.75. The second-order valence-electron chi connectivity index (χ2n) is 4.81. The smallest absolute Gasteiger partial charge is 0.340 e. The van der Waals surface area contributed by atoms with Gasteiger partial charge in [0.1, 0.15) is 5.00 Å². The van der Waals surface area contributed by atoms with Crippen LogP contribution in [0.4, 0.5) is 5.00 Å². The molecule has 0 radical (unpaired) electrons. The molecule has 0 bridgehead atoms. The minimum atomic E-state index is -0.446. The highest BCUT2D eigenvalue weighted by Crippen LogP contribution is 2.24. The molecule has 0 saturated heterocycles. The van der Waals surface area contributed by atoms with Crippen molar-refractivity contribution in [1.29, 1.82) is 0 Å². The summed E-state index contributed by atoms with van der Waals surface area (Å²) in [6, 6.07) is 7.67. The van der Waals surface area contributed by atoms with Crippen LogP contribution in [0.1, 0.15) is 27.0 Å². The van der Waals surface area contributed by atoms with E-state index in [9.17, 15) is 9.59 Å². The number of anilines is 1. The summed E-state index contributed by atoms with van der Waals surface area (Å²) < 4.78 is 4.69. The normalized spacial score (nSPS) is 10.2. The molecule has 21 heavy (non-hydrogen) atoms. The summed E-state index contributed by atoms with van der Waals surface area (Å²) >= 11 is 1.31. The van der Waals surface area contributed by atoms with Gasteiger partial charge in [0.25, 0.3) is 0 Å². The van der Waals surface area contributed by atoms with E-state index in [4.69, 9.17) is 0 Å². The molecule has 0 spiro atoms. The Hall–Kier alpha value is -2.14. The lowest BCUT2D eigenvalue weighted by Crippen LogP contribution is -2.16. The fourth-order valence-corrected chi connectivity index (χ4v) is 2.80. The van der Waals surface area contributed by atoms with Crippen LogP contribution in [-0.2, 0) is 16.0 Å². The molecule has 1 aromatic carbocycles. The molecule has 0 aliphatic rings. The zero-order chi connectivity index (χ0) is 15.4. The minimum absolute atomic E-state index is 0.142. The standard InChI is InChI=1S/C16H17NO3S/c1-10-4-5-11(2)12(8-10)9-14(18)17-15-13(6-7-21-15)16(19)20-3/h4-8H,9H2,1-3H3,(H,17,18). The number of carbonyl (C=O) groups excluding carboxylic acids is 2. The van der Waals surface area contributed by atoms with E-state index in [1.54, 1.807) is 11.4 Å². The van der Waals surface area contributed by atoms with Crippen molar-refractivity contribution >= 4 is 28.2 Å². The largest absolute Gasteiger partial charge is 0.465 e. The van der Waals surface area contributed by atoms with E-state index in [0.29, 0.717) is 10.6 Å². The van der Waals surface area contributed by atoms with E-state index >= 15 is 0 Å². The van der Waals surface area contributed by atoms with Crippen LogP contribution in [-0.4, -0.2) is 19.0 Å². The van der Waals surface area contributed by atoms with Crippen molar-refractivity contribution in [3.63, 3.8) is 0 Å². The number of thiophene rings is 1. The van der Waals surface area contributed by atoms with Crippen molar-refractivity contribution in [1.82, 2.24) is 0 Å². The molecule has 0 aliphatic heterocycles. The summed E-state index contributed by atoms with van der Waals surface area (Å²) in [4.78, 5) is 23.7. The van der Waals surface area contributed by atoms with Gasteiger partial charge in [-0.25, -0.2) is 4.79 Å². The number of aryl methyl sites for hydroxylation is 2. The summed E-state index contributed by atoms with van der Waals surface area (Å²) in [5.41, 5.74) is 3.57. The van der Waals surface area contributed by atoms with Crippen LogP contribution < -0.4 is 5.32 Å². The predicted octanol–water partition coefficient (Wildman–Crippen LogP) is 3.33. The first-order chi connectivity index (χ1) is 10.0. The molecule has 2 rings (SSSR count). The Morgan fingerprint density at radius 1 is 1.24 bits per heavy atom. The van der Waals surface area contributed by atoms with Gasteiger partial charge < -0.3 is 10.1 Å². The van der Waals surface area contributed by atoms with E-state index in [0.717, 1.165) is 16.7 Å². The van der Waals surface area contributed by atoms with Crippen molar-refractivity contribution in [2.75, 3.05) is 12.4 Å². The van der Waals surface area contributed by atoms with E-state index in [2.05, 4.69) is 10.1 Å². The first-order valence-electron chi connectivity index (χ1n) is 6.53. The molecular weight excluding hydrogens is 286 g/mol. The summed E-state index contributed by atoms with van der Waals surface area (Å²) in [6.07, 6.45) is 0.284. The fourth-order valence-electron chi connectivity index (χ4n) is 2.01. The van der Waals surface area contributed by atoms with Crippen LogP contribution in [0.15, 0.2) is 29.6 Å². The second kappa shape index (κ2) is 6.54. The summed E-state index contributed by atoms with van der Waals surface area (Å²) in [6.45, 7) is 3.97. The van der Waals surface area contributed by atoms with Crippen LogP contribution in [0, 0.1) is 13.8 Å². The van der Waals surface area contributed by atoms with Gasteiger partial charge in [0.2, 0.25) is 5.91 Å². The van der Waals surface area contributed by atoms with Gasteiger partial charge in [0, 0.05) is 0 Å². The van der Waals surface area contributed by atoms with Crippen LogP contribution in [0.2, 0.25) is 0 Å². The highest BCUT2D eigenvalue weighted by atomic mass is 32.1. The summed E-state index contributed by atoms with van der Waals surface area (Å²) in [5.74, 6) is -0.588. The molecule has 0 atom stereocenters. The topological polar surface area (TPSA) is 55.4 Å². The zero-order valence-electron chi connectivity index (χ0n) is 12.2. The molecule has 5 heteroatoms. The third-order valence-electron chi connectivity index (χ3n) is 3.18. The van der Waals surface area contributed by atoms with Gasteiger partial charge in [-0.05, 0) is 36.4 Å². The number of ether oxygens (including phenoxy) is 1. The number of methoxy groups -OCH3 is 1. The molecule has 1 heterocycles. The Labute approximate surface area is 127 Å². The van der Waals surface area contributed by atoms with Crippen molar-refractivity contribution in [2.24, 2.45) is 0 Å². The fraction of sp³-hybridized carbons (Fsp3) is 0.250. The van der Waals surface area contributed by atoms with Gasteiger partial charge >= 0.3 is 5.97 Å². The van der Waals surface area contributed by atoms with Crippen molar-refractivity contribution in [2.45, 2.75) is 20.3 Å². The molecule has 1 aromatic heterocycles. The number of carbonyl (C=O) groups is 2. The third kappa shape index (κ3) is 3.70. The van der Waals surface area contributed by atoms with Gasteiger partial charge in [-0.2, -0.15) is 0 Å². The Morgan fingerprint density at radius 2 is 2.00 bits per heavy atom. The number of esters is 1. The van der Waals surface area contributed by atoms with Crippen LogP contribution >= 0.6 is 11.3 Å². The number of benzene rings is 1. The lowest BCUT2D eigenvalue weighted by Gasteiger charge is -2.08. The third-order valence-corrected chi connectivity index (χ3v) is 4.01. The average molecular weight is 303 g/mol. The number of hydrogen-bond acceptors (Lipinski definition) is 4. The van der Waals surface area contributed by atoms with Crippen LogP contribution in [0.25, 0.3) is 0 Å². The van der Waals surface area contributed by atoms with Crippen molar-refractivity contribution < 1.29 is 14.3 Å². The lowest BCUT2D eigenvalue weighted by molar-refractivity contribution is -0.115. The number of rotatable bonds is 4. The summed E-state index contributed by atoms with van der Waals surface area (Å²) in [7, 11) is 1.32. The highest BCUT2D eigenvalue weighted by molar-refractivity contribution is 7.14. The van der Waals surface area contributed by atoms with E-state index < -0.39 is 5.97 Å². The van der Waals surface area contributed by atoms with E-state index in [1.165, 1.54) is 18.4 Å². The minimum Gasteiger partial charge on any atom is -0.465 e. The lowest BCUT2D eigenvalue weighted by atomic mass is 10.0. The zero-order valence-corrected chi connectivity index (χ0v) is 13.0. The van der Waals surface area contributed by atoms with Crippen LogP contribution in [0.5, 0.6) is 0 Å². The average Bonchev–Trinajstić information content (AvgIpc) is 2.90. The molecule has 2 aromatic rings. The van der Waals surface area contributed by atoms with Gasteiger partial charge in [-0.3, -0.25) is 4.79 Å². The van der Waals surface area contributed by atoms with Gasteiger partial charge in [0.05, 0.1) is 19.1 Å². The van der Waals surface area contributed by atoms with E-state index in [-0.39, 0.29) is 12.3 Å². The predicted molar refractivity (Wildman–Crippen MR) is 83.9 cm³/mol. The Bertz CT molecular complexity index is 676. The molecule has 1 amide bonds. The SMILES string of the molecule is COC(=O)c1ccsc1NC(=O)Cc1cc(C)ccc1C. The first kappa shape index (κ1) is 15.3. The molecule has 0 unspecified atom stereocenters. The maximum Gasteiger partial charge on any atom is 0.340 e. The Balaban J connectivity index is 2.10. The second-order valence-corrected chi connectivity index (χ2v) is 5.73. The molecule has 0 saturated carbocycles.